The first kappa shape index (κ1) is 22.9. The van der Waals surface area contributed by atoms with Crippen LogP contribution in [0.15, 0.2) is 29.4 Å². The van der Waals surface area contributed by atoms with Gasteiger partial charge in [0.05, 0.1) is 0 Å². The second-order valence-corrected chi connectivity index (χ2v) is 11.5. The number of hydrogen-bond donors (Lipinski definition) is 2. The molecule has 0 unspecified atom stereocenters. The number of carboxylic acid groups (broad SMARTS) is 1. The smallest absolute Gasteiger partial charge is 0.327 e. The van der Waals surface area contributed by atoms with Crippen molar-refractivity contribution in [3.63, 3.8) is 0 Å². The lowest BCUT2D eigenvalue weighted by atomic mass is 9.96. The molecule has 3 atom stereocenters. The summed E-state index contributed by atoms with van der Waals surface area (Å²) in [6, 6.07) is 4.89. The van der Waals surface area contributed by atoms with E-state index in [1.54, 1.807) is 38.1 Å². The minimum atomic E-state index is -1.05. The molecule has 1 aromatic carbocycles. The molecule has 172 valence electrons. The SMILES string of the molecule is CC1(O/N=C(\C(=O)N[C@H]2C(=O)N3[C@@H]2SC(C)(C)[C@@H]3C(=O)O)c2ccc(Cl)cc2)CCCC1. The van der Waals surface area contributed by atoms with Crippen LogP contribution in [0.3, 0.4) is 0 Å². The Morgan fingerprint density at radius 2 is 1.84 bits per heavy atom. The van der Waals surface area contributed by atoms with Crippen LogP contribution in [0.1, 0.15) is 52.0 Å². The molecule has 2 amide bonds. The monoisotopic (exact) mass is 479 g/mol. The molecule has 3 aliphatic rings. The van der Waals surface area contributed by atoms with Gasteiger partial charge in [0.1, 0.15) is 23.1 Å². The van der Waals surface area contributed by atoms with Crippen molar-refractivity contribution in [2.24, 2.45) is 5.16 Å². The first-order valence-electron chi connectivity index (χ1n) is 10.6. The van der Waals surface area contributed by atoms with Gasteiger partial charge in [0, 0.05) is 15.3 Å². The number of carboxylic acids is 1. The Balaban J connectivity index is 1.55. The predicted molar refractivity (Wildman–Crippen MR) is 122 cm³/mol. The Morgan fingerprint density at radius 1 is 1.22 bits per heavy atom. The molecule has 2 saturated heterocycles. The molecule has 0 radical (unpaired) electrons. The maximum atomic E-state index is 13.2. The van der Waals surface area contributed by atoms with Crippen LogP contribution >= 0.6 is 23.4 Å². The van der Waals surface area contributed by atoms with E-state index in [2.05, 4.69) is 10.5 Å². The Bertz CT molecular complexity index is 974. The number of aliphatic carboxylic acids is 1. The standard InChI is InChI=1S/C22H26ClN3O5S/c1-21(2)16(20(29)30)26-18(28)15(19(26)32-21)24-17(27)14(12-6-8-13(23)9-7-12)25-31-22(3)10-4-5-11-22/h6-9,15-16,19H,4-5,10-11H2,1-3H3,(H,24,27)(H,29,30)/b25-14-/t15-,16-,19+/m0/s1. The Hall–Kier alpha value is -2.26. The molecule has 3 fully saturated rings. The molecule has 10 heteroatoms. The number of amides is 2. The fourth-order valence-electron chi connectivity index (χ4n) is 4.56. The largest absolute Gasteiger partial charge is 0.480 e. The Labute approximate surface area is 195 Å². The van der Waals surface area contributed by atoms with Gasteiger partial charge in [0.15, 0.2) is 5.71 Å². The van der Waals surface area contributed by atoms with E-state index < -0.39 is 45.6 Å². The maximum Gasteiger partial charge on any atom is 0.327 e. The molecular weight excluding hydrogens is 454 g/mol. The molecule has 8 nitrogen and oxygen atoms in total. The van der Waals surface area contributed by atoms with Crippen molar-refractivity contribution < 1.29 is 24.3 Å². The topological polar surface area (TPSA) is 108 Å². The molecule has 1 saturated carbocycles. The highest BCUT2D eigenvalue weighted by atomic mass is 35.5. The van der Waals surface area contributed by atoms with Gasteiger partial charge >= 0.3 is 5.97 Å². The second-order valence-electron chi connectivity index (χ2n) is 9.24. The van der Waals surface area contributed by atoms with Crippen LogP contribution in [-0.4, -0.2) is 61.3 Å². The van der Waals surface area contributed by atoms with E-state index >= 15 is 0 Å². The summed E-state index contributed by atoms with van der Waals surface area (Å²) in [6.07, 6.45) is 3.79. The predicted octanol–water partition coefficient (Wildman–Crippen LogP) is 3.03. The lowest BCUT2D eigenvalue weighted by molar-refractivity contribution is -0.160. The van der Waals surface area contributed by atoms with E-state index in [9.17, 15) is 19.5 Å². The van der Waals surface area contributed by atoms with Gasteiger partial charge in [-0.05, 0) is 58.6 Å². The molecule has 0 bridgehead atoms. The highest BCUT2D eigenvalue weighted by molar-refractivity contribution is 8.01. The average Bonchev–Trinajstić information content (AvgIpc) is 3.26. The number of rotatable bonds is 6. The van der Waals surface area contributed by atoms with Crippen LogP contribution in [0.25, 0.3) is 0 Å². The molecule has 0 spiro atoms. The molecule has 32 heavy (non-hydrogen) atoms. The Morgan fingerprint density at radius 3 is 2.44 bits per heavy atom. The zero-order valence-corrected chi connectivity index (χ0v) is 19.7. The van der Waals surface area contributed by atoms with Crippen LogP contribution in [0.2, 0.25) is 5.02 Å². The quantitative estimate of drug-likeness (QED) is 0.369. The summed E-state index contributed by atoms with van der Waals surface area (Å²) in [5.74, 6) is -2.01. The van der Waals surface area contributed by atoms with E-state index in [0.717, 1.165) is 25.7 Å². The third-order valence-electron chi connectivity index (χ3n) is 6.31. The molecule has 4 rings (SSSR count). The third kappa shape index (κ3) is 4.08. The number of fused-ring (bicyclic) bond motifs is 1. The molecule has 1 aromatic rings. The summed E-state index contributed by atoms with van der Waals surface area (Å²) in [6.45, 7) is 5.55. The number of benzene rings is 1. The Kier molecular flexibility index (Phi) is 5.92. The minimum absolute atomic E-state index is 0.0538. The van der Waals surface area contributed by atoms with E-state index in [-0.39, 0.29) is 5.71 Å². The van der Waals surface area contributed by atoms with Crippen molar-refractivity contribution in [3.05, 3.63) is 34.9 Å². The zero-order chi connectivity index (χ0) is 23.3. The van der Waals surface area contributed by atoms with Crippen LogP contribution < -0.4 is 5.32 Å². The second kappa shape index (κ2) is 8.26. The van der Waals surface area contributed by atoms with Crippen LogP contribution in [0, 0.1) is 0 Å². The molecule has 0 aromatic heterocycles. The minimum Gasteiger partial charge on any atom is -0.480 e. The fraction of sp³-hybridized carbons (Fsp3) is 0.545. The molecular formula is C22H26ClN3O5S. The third-order valence-corrected chi connectivity index (χ3v) is 8.14. The number of hydrogen-bond acceptors (Lipinski definition) is 6. The van der Waals surface area contributed by atoms with E-state index in [4.69, 9.17) is 16.4 Å². The number of carbonyl (C=O) groups is 3. The molecule has 2 N–H and O–H groups in total. The first-order chi connectivity index (χ1) is 15.0. The van der Waals surface area contributed by atoms with Gasteiger partial charge in [-0.3, -0.25) is 9.59 Å². The number of β-lactam (4-membered cyclic amide) rings is 1. The number of carbonyl (C=O) groups excluding carboxylic acids is 2. The van der Waals surface area contributed by atoms with Crippen molar-refractivity contribution in [1.29, 1.82) is 0 Å². The molecule has 2 heterocycles. The van der Waals surface area contributed by atoms with Crippen LogP contribution in [0.4, 0.5) is 0 Å². The van der Waals surface area contributed by atoms with Gasteiger partial charge in [0.2, 0.25) is 5.91 Å². The van der Waals surface area contributed by atoms with E-state index in [1.165, 1.54) is 16.7 Å². The van der Waals surface area contributed by atoms with Crippen LogP contribution in [-0.2, 0) is 19.2 Å². The van der Waals surface area contributed by atoms with Crippen LogP contribution in [0.5, 0.6) is 0 Å². The summed E-state index contributed by atoms with van der Waals surface area (Å²) in [5.41, 5.74) is 0.138. The van der Waals surface area contributed by atoms with Crippen molar-refractivity contribution in [3.8, 4) is 0 Å². The summed E-state index contributed by atoms with van der Waals surface area (Å²) < 4.78 is -0.668. The highest BCUT2D eigenvalue weighted by Crippen LogP contribution is 2.50. The number of thioether (sulfide) groups is 1. The summed E-state index contributed by atoms with van der Waals surface area (Å²) in [4.78, 5) is 44.8. The first-order valence-corrected chi connectivity index (χ1v) is 11.8. The number of halogens is 1. The van der Waals surface area contributed by atoms with Gasteiger partial charge in [0.25, 0.3) is 5.91 Å². The lowest BCUT2D eigenvalue weighted by Gasteiger charge is -2.43. The van der Waals surface area contributed by atoms with Crippen molar-refractivity contribution in [2.75, 3.05) is 0 Å². The van der Waals surface area contributed by atoms with E-state index in [0.29, 0.717) is 10.6 Å². The maximum absolute atomic E-state index is 13.2. The summed E-state index contributed by atoms with van der Waals surface area (Å²) in [7, 11) is 0. The highest BCUT2D eigenvalue weighted by Gasteiger charge is 2.64. The number of oxime groups is 1. The van der Waals surface area contributed by atoms with Crippen molar-refractivity contribution >= 4 is 46.9 Å². The number of nitrogens with one attached hydrogen (secondary N) is 1. The molecule has 1 aliphatic carbocycles. The van der Waals surface area contributed by atoms with Crippen molar-refractivity contribution in [2.45, 2.75) is 74.3 Å². The van der Waals surface area contributed by atoms with Gasteiger partial charge < -0.3 is 20.2 Å². The van der Waals surface area contributed by atoms with Gasteiger partial charge in [-0.2, -0.15) is 0 Å². The van der Waals surface area contributed by atoms with Gasteiger partial charge in [-0.15, -0.1) is 11.8 Å². The molecule has 2 aliphatic heterocycles. The number of nitrogens with zero attached hydrogens (tertiary/aromatic N) is 2. The lowest BCUT2D eigenvalue weighted by Crippen LogP contribution is -2.71. The van der Waals surface area contributed by atoms with E-state index in [1.807, 2.05) is 6.92 Å². The van der Waals surface area contributed by atoms with Gasteiger partial charge in [-0.25, -0.2) is 4.79 Å². The summed E-state index contributed by atoms with van der Waals surface area (Å²) in [5, 5.41) is 16.6. The fourth-order valence-corrected chi connectivity index (χ4v) is 6.31. The van der Waals surface area contributed by atoms with Crippen molar-refractivity contribution in [1.82, 2.24) is 10.2 Å². The van der Waals surface area contributed by atoms with Gasteiger partial charge in [-0.1, -0.05) is 28.9 Å². The average molecular weight is 480 g/mol. The zero-order valence-electron chi connectivity index (χ0n) is 18.1. The summed E-state index contributed by atoms with van der Waals surface area (Å²) >= 11 is 7.36. The normalized spacial score (nSPS) is 28.1.